The molecule has 0 N–H and O–H groups in total. The standard InChI is InChI=1S/C12H23IN2/c1-4-7-8-12-14(6-3)10-11(13)15(12)9-5-2/h10,12H,4-9H2,1-3H3. The molecule has 0 amide bonds. The van der Waals surface area contributed by atoms with Crippen LogP contribution in [0, 0.1) is 0 Å². The molecule has 0 aromatic heterocycles. The molecule has 88 valence electrons. The van der Waals surface area contributed by atoms with Crippen molar-refractivity contribution in [2.75, 3.05) is 13.1 Å². The van der Waals surface area contributed by atoms with Gasteiger partial charge in [0.05, 0.1) is 3.70 Å². The van der Waals surface area contributed by atoms with Crippen molar-refractivity contribution in [1.82, 2.24) is 9.80 Å². The van der Waals surface area contributed by atoms with Crippen LogP contribution in [0.25, 0.3) is 0 Å². The summed E-state index contributed by atoms with van der Waals surface area (Å²) in [6.07, 6.45) is 8.11. The molecule has 2 nitrogen and oxygen atoms in total. The van der Waals surface area contributed by atoms with Crippen LogP contribution in [0.4, 0.5) is 0 Å². The Kier molecular flexibility index (Phi) is 5.79. The molecule has 0 aliphatic carbocycles. The van der Waals surface area contributed by atoms with E-state index in [1.54, 1.807) is 0 Å². The Morgan fingerprint density at radius 3 is 2.53 bits per heavy atom. The number of halogens is 1. The van der Waals surface area contributed by atoms with Gasteiger partial charge in [0, 0.05) is 19.3 Å². The lowest BCUT2D eigenvalue weighted by atomic mass is 10.2. The van der Waals surface area contributed by atoms with Crippen LogP contribution in [-0.4, -0.2) is 29.1 Å². The van der Waals surface area contributed by atoms with Gasteiger partial charge in [-0.05, 0) is 48.8 Å². The van der Waals surface area contributed by atoms with Gasteiger partial charge < -0.3 is 9.80 Å². The highest BCUT2D eigenvalue weighted by Gasteiger charge is 2.28. The molecule has 15 heavy (non-hydrogen) atoms. The third-order valence-electron chi connectivity index (χ3n) is 2.93. The lowest BCUT2D eigenvalue weighted by Gasteiger charge is -2.32. The van der Waals surface area contributed by atoms with Crippen LogP contribution in [0.3, 0.4) is 0 Å². The molecule has 0 aromatic carbocycles. The summed E-state index contributed by atoms with van der Waals surface area (Å²) in [6, 6.07) is 0. The smallest absolute Gasteiger partial charge is 0.101 e. The minimum Gasteiger partial charge on any atom is -0.355 e. The second-order valence-corrected chi connectivity index (χ2v) is 5.20. The van der Waals surface area contributed by atoms with E-state index < -0.39 is 0 Å². The third kappa shape index (κ3) is 3.26. The van der Waals surface area contributed by atoms with E-state index >= 15 is 0 Å². The second-order valence-electron chi connectivity index (χ2n) is 4.10. The van der Waals surface area contributed by atoms with Crippen LogP contribution in [0.1, 0.15) is 46.5 Å². The van der Waals surface area contributed by atoms with Gasteiger partial charge in [0.15, 0.2) is 0 Å². The zero-order chi connectivity index (χ0) is 11.3. The van der Waals surface area contributed by atoms with Gasteiger partial charge in [-0.1, -0.05) is 20.3 Å². The quantitative estimate of drug-likeness (QED) is 0.542. The van der Waals surface area contributed by atoms with E-state index in [9.17, 15) is 0 Å². The van der Waals surface area contributed by atoms with Crippen LogP contribution in [-0.2, 0) is 0 Å². The molecular formula is C12H23IN2. The first-order valence-corrected chi connectivity index (χ1v) is 7.22. The Morgan fingerprint density at radius 2 is 2.00 bits per heavy atom. The summed E-state index contributed by atoms with van der Waals surface area (Å²) in [7, 11) is 0. The van der Waals surface area contributed by atoms with Gasteiger partial charge >= 0.3 is 0 Å². The van der Waals surface area contributed by atoms with Gasteiger partial charge in [0.1, 0.15) is 6.17 Å². The van der Waals surface area contributed by atoms with E-state index in [1.165, 1.54) is 35.9 Å². The Morgan fingerprint density at radius 1 is 1.27 bits per heavy atom. The van der Waals surface area contributed by atoms with Crippen molar-refractivity contribution < 1.29 is 0 Å². The highest BCUT2D eigenvalue weighted by molar-refractivity contribution is 14.1. The van der Waals surface area contributed by atoms with Crippen molar-refractivity contribution in [1.29, 1.82) is 0 Å². The largest absolute Gasteiger partial charge is 0.355 e. The molecule has 0 saturated heterocycles. The van der Waals surface area contributed by atoms with Gasteiger partial charge in [-0.3, -0.25) is 0 Å². The topological polar surface area (TPSA) is 6.48 Å². The Hall–Kier alpha value is 0.0700. The number of rotatable bonds is 6. The zero-order valence-electron chi connectivity index (χ0n) is 10.2. The maximum absolute atomic E-state index is 2.56. The molecule has 0 saturated carbocycles. The van der Waals surface area contributed by atoms with Crippen molar-refractivity contribution in [2.45, 2.75) is 52.6 Å². The van der Waals surface area contributed by atoms with Crippen LogP contribution < -0.4 is 0 Å². The average Bonchev–Trinajstić information content (AvgIpc) is 2.53. The number of nitrogens with zero attached hydrogens (tertiary/aromatic N) is 2. The van der Waals surface area contributed by atoms with Gasteiger partial charge in [-0.25, -0.2) is 0 Å². The highest BCUT2D eigenvalue weighted by atomic mass is 127. The van der Waals surface area contributed by atoms with E-state index in [-0.39, 0.29) is 0 Å². The lowest BCUT2D eigenvalue weighted by Crippen LogP contribution is -2.39. The Balaban J connectivity index is 2.61. The fraction of sp³-hybridized carbons (Fsp3) is 0.833. The highest BCUT2D eigenvalue weighted by Crippen LogP contribution is 2.30. The Bertz CT molecular complexity index is 216. The van der Waals surface area contributed by atoms with Crippen LogP contribution in [0.5, 0.6) is 0 Å². The maximum Gasteiger partial charge on any atom is 0.101 e. The minimum atomic E-state index is 0.627. The van der Waals surface area contributed by atoms with Gasteiger partial charge in [0.25, 0.3) is 0 Å². The first-order valence-electron chi connectivity index (χ1n) is 6.14. The summed E-state index contributed by atoms with van der Waals surface area (Å²) in [5, 5.41) is 0. The van der Waals surface area contributed by atoms with Crippen LogP contribution in [0.15, 0.2) is 9.90 Å². The third-order valence-corrected chi connectivity index (χ3v) is 3.83. The molecule has 1 aliphatic heterocycles. The molecule has 0 fully saturated rings. The summed E-state index contributed by atoms with van der Waals surface area (Å²) in [6.45, 7) is 9.10. The number of unbranched alkanes of at least 4 members (excludes halogenated alkanes) is 1. The van der Waals surface area contributed by atoms with E-state index in [2.05, 4.69) is 59.4 Å². The van der Waals surface area contributed by atoms with Crippen LogP contribution >= 0.6 is 22.6 Å². The van der Waals surface area contributed by atoms with E-state index in [0.29, 0.717) is 6.17 Å². The van der Waals surface area contributed by atoms with Crippen molar-refractivity contribution in [3.8, 4) is 0 Å². The summed E-state index contributed by atoms with van der Waals surface area (Å²) in [4.78, 5) is 5.03. The zero-order valence-corrected chi connectivity index (χ0v) is 12.3. The van der Waals surface area contributed by atoms with Gasteiger partial charge in [0.2, 0.25) is 0 Å². The first kappa shape index (κ1) is 13.1. The summed E-state index contributed by atoms with van der Waals surface area (Å²) < 4.78 is 1.41. The monoisotopic (exact) mass is 322 g/mol. The molecule has 0 bridgehead atoms. The molecular weight excluding hydrogens is 299 g/mol. The second kappa shape index (κ2) is 6.61. The van der Waals surface area contributed by atoms with Crippen molar-refractivity contribution in [3.63, 3.8) is 0 Å². The average molecular weight is 322 g/mol. The lowest BCUT2D eigenvalue weighted by molar-refractivity contribution is 0.144. The van der Waals surface area contributed by atoms with Gasteiger partial charge in [-0.15, -0.1) is 0 Å². The number of hydrogen-bond acceptors (Lipinski definition) is 2. The summed E-state index contributed by atoms with van der Waals surface area (Å²) in [5.74, 6) is 0. The minimum absolute atomic E-state index is 0.627. The first-order chi connectivity index (χ1) is 7.24. The molecule has 3 heteroatoms. The molecule has 1 unspecified atom stereocenters. The molecule has 0 radical (unpaired) electrons. The Labute approximate surface area is 108 Å². The fourth-order valence-electron chi connectivity index (χ4n) is 2.13. The summed E-state index contributed by atoms with van der Waals surface area (Å²) in [5.41, 5.74) is 0. The van der Waals surface area contributed by atoms with Crippen molar-refractivity contribution in [3.05, 3.63) is 9.90 Å². The summed E-state index contributed by atoms with van der Waals surface area (Å²) >= 11 is 2.47. The van der Waals surface area contributed by atoms with Crippen molar-refractivity contribution >= 4 is 22.6 Å². The molecule has 0 spiro atoms. The molecule has 1 heterocycles. The van der Waals surface area contributed by atoms with E-state index in [0.717, 1.165) is 6.54 Å². The van der Waals surface area contributed by atoms with Crippen LogP contribution in [0.2, 0.25) is 0 Å². The van der Waals surface area contributed by atoms with Gasteiger partial charge in [-0.2, -0.15) is 0 Å². The number of hydrogen-bond donors (Lipinski definition) is 0. The normalized spacial score (nSPS) is 21.1. The molecule has 1 rings (SSSR count). The predicted octanol–water partition coefficient (Wildman–Crippen LogP) is 3.78. The van der Waals surface area contributed by atoms with E-state index in [4.69, 9.17) is 0 Å². The van der Waals surface area contributed by atoms with Crippen molar-refractivity contribution in [2.24, 2.45) is 0 Å². The molecule has 1 atom stereocenters. The predicted molar refractivity (Wildman–Crippen MR) is 74.8 cm³/mol. The SMILES string of the molecule is CCCCC1N(CC)C=C(I)N1CCC. The van der Waals surface area contributed by atoms with E-state index in [1.807, 2.05) is 0 Å². The fourth-order valence-corrected chi connectivity index (χ4v) is 3.05. The molecule has 1 aliphatic rings. The maximum atomic E-state index is 2.56. The molecule has 0 aromatic rings.